The fourth-order valence-electron chi connectivity index (χ4n) is 2.71. The molecule has 0 spiro atoms. The number of ether oxygens (including phenoxy) is 5. The molecule has 24 heavy (non-hydrogen) atoms. The third-order valence-corrected chi connectivity index (χ3v) is 3.76. The second-order valence-corrected chi connectivity index (χ2v) is 5.23. The second-order valence-electron chi connectivity index (χ2n) is 5.23. The number of benzene rings is 1. The summed E-state index contributed by atoms with van der Waals surface area (Å²) in [5.74, 6) is 1.71. The number of carbonyl (C=O) groups excluding carboxylic acids is 1. The first-order chi connectivity index (χ1) is 11.7. The summed E-state index contributed by atoms with van der Waals surface area (Å²) in [6.45, 7) is 2.16. The van der Waals surface area contributed by atoms with E-state index in [1.807, 2.05) is 6.07 Å². The highest BCUT2D eigenvalue weighted by Crippen LogP contribution is 2.49. The quantitative estimate of drug-likeness (QED) is 0.730. The van der Waals surface area contributed by atoms with Crippen LogP contribution in [-0.4, -0.2) is 45.4 Å². The molecule has 0 N–H and O–H groups in total. The Labute approximate surface area is 139 Å². The number of esters is 1. The van der Waals surface area contributed by atoms with Crippen LogP contribution in [0.2, 0.25) is 0 Å². The van der Waals surface area contributed by atoms with Gasteiger partial charge >= 0.3 is 5.97 Å². The van der Waals surface area contributed by atoms with Crippen molar-refractivity contribution in [3.05, 3.63) is 11.6 Å². The number of hydrogen-bond donors (Lipinski definition) is 0. The standard InChI is InChI=1S/C16H19NO7/c1-4-21-16(18)11-7-10(24-17-11)5-9-6-12(19-2)14-15(13(9)20-3)23-8-22-14/h6,10H,4-5,7-8H2,1-3H3/t10-/m0/s1. The molecule has 0 saturated carbocycles. The number of carbonyl (C=O) groups is 1. The molecule has 3 rings (SSSR count). The Balaban J connectivity index is 1.78. The molecule has 0 amide bonds. The summed E-state index contributed by atoms with van der Waals surface area (Å²) in [6.07, 6.45) is 0.560. The van der Waals surface area contributed by atoms with Crippen LogP contribution in [0.5, 0.6) is 23.0 Å². The van der Waals surface area contributed by atoms with Crippen molar-refractivity contribution in [1.82, 2.24) is 0 Å². The predicted octanol–water partition coefficient (Wildman–Crippen LogP) is 1.68. The Bertz CT molecular complexity index is 671. The highest BCUT2D eigenvalue weighted by molar-refractivity contribution is 6.36. The molecule has 8 nitrogen and oxygen atoms in total. The minimum Gasteiger partial charge on any atom is -0.493 e. The zero-order chi connectivity index (χ0) is 17.1. The molecule has 2 aliphatic heterocycles. The fourth-order valence-corrected chi connectivity index (χ4v) is 2.71. The monoisotopic (exact) mass is 337 g/mol. The van der Waals surface area contributed by atoms with Gasteiger partial charge in [0.15, 0.2) is 17.2 Å². The molecule has 1 atom stereocenters. The lowest BCUT2D eigenvalue weighted by Gasteiger charge is -2.15. The van der Waals surface area contributed by atoms with E-state index in [0.29, 0.717) is 42.4 Å². The summed E-state index contributed by atoms with van der Waals surface area (Å²) >= 11 is 0. The zero-order valence-electron chi connectivity index (χ0n) is 13.8. The minimum absolute atomic E-state index is 0.113. The van der Waals surface area contributed by atoms with Crippen LogP contribution in [-0.2, 0) is 20.8 Å². The van der Waals surface area contributed by atoms with Gasteiger partial charge in [-0.15, -0.1) is 0 Å². The van der Waals surface area contributed by atoms with Gasteiger partial charge < -0.3 is 28.5 Å². The van der Waals surface area contributed by atoms with Crippen LogP contribution in [0.4, 0.5) is 0 Å². The summed E-state index contributed by atoms with van der Waals surface area (Å²) in [6, 6.07) is 1.82. The molecular formula is C16H19NO7. The molecule has 0 aromatic heterocycles. The Morgan fingerprint density at radius 2 is 2.08 bits per heavy atom. The SMILES string of the molecule is CCOC(=O)C1=NO[C@@H](Cc2cc(OC)c3c(c2OC)OCO3)C1. The zero-order valence-corrected chi connectivity index (χ0v) is 13.8. The lowest BCUT2D eigenvalue weighted by atomic mass is 10.0. The fraction of sp³-hybridized carbons (Fsp3) is 0.500. The lowest BCUT2D eigenvalue weighted by molar-refractivity contribution is -0.135. The number of rotatable bonds is 6. The van der Waals surface area contributed by atoms with Gasteiger partial charge in [-0.05, 0) is 13.0 Å². The molecule has 0 fully saturated rings. The van der Waals surface area contributed by atoms with Gasteiger partial charge in [0.2, 0.25) is 18.3 Å². The highest BCUT2D eigenvalue weighted by Gasteiger charge is 2.31. The molecular weight excluding hydrogens is 318 g/mol. The van der Waals surface area contributed by atoms with Crippen LogP contribution >= 0.6 is 0 Å². The molecule has 130 valence electrons. The molecule has 0 aliphatic carbocycles. The van der Waals surface area contributed by atoms with Gasteiger partial charge in [-0.25, -0.2) is 4.79 Å². The maximum Gasteiger partial charge on any atom is 0.356 e. The van der Waals surface area contributed by atoms with Crippen LogP contribution in [0.3, 0.4) is 0 Å². The van der Waals surface area contributed by atoms with Gasteiger partial charge in [0.1, 0.15) is 6.10 Å². The third-order valence-electron chi connectivity index (χ3n) is 3.76. The Hall–Kier alpha value is -2.64. The van der Waals surface area contributed by atoms with Gasteiger partial charge in [-0.1, -0.05) is 5.16 Å². The Kier molecular flexibility index (Phi) is 4.64. The van der Waals surface area contributed by atoms with E-state index < -0.39 is 5.97 Å². The van der Waals surface area contributed by atoms with Gasteiger partial charge in [0.25, 0.3) is 0 Å². The maximum absolute atomic E-state index is 11.7. The molecule has 2 heterocycles. The molecule has 0 radical (unpaired) electrons. The second kappa shape index (κ2) is 6.86. The van der Waals surface area contributed by atoms with Crippen molar-refractivity contribution in [3.8, 4) is 23.0 Å². The highest BCUT2D eigenvalue weighted by atomic mass is 16.7. The molecule has 8 heteroatoms. The van der Waals surface area contributed by atoms with Crippen molar-refractivity contribution in [3.63, 3.8) is 0 Å². The maximum atomic E-state index is 11.7. The molecule has 0 bridgehead atoms. The first-order valence-electron chi connectivity index (χ1n) is 7.61. The van der Waals surface area contributed by atoms with Gasteiger partial charge in [-0.2, -0.15) is 0 Å². The van der Waals surface area contributed by atoms with Gasteiger partial charge in [0, 0.05) is 18.4 Å². The van der Waals surface area contributed by atoms with Crippen LogP contribution in [0, 0.1) is 0 Å². The molecule has 0 unspecified atom stereocenters. The van der Waals surface area contributed by atoms with Crippen molar-refractivity contribution in [2.75, 3.05) is 27.6 Å². The third kappa shape index (κ3) is 2.91. The van der Waals surface area contributed by atoms with E-state index >= 15 is 0 Å². The molecule has 0 saturated heterocycles. The summed E-state index contributed by atoms with van der Waals surface area (Å²) in [5.41, 5.74) is 1.11. The van der Waals surface area contributed by atoms with E-state index in [-0.39, 0.29) is 18.6 Å². The van der Waals surface area contributed by atoms with Crippen LogP contribution in [0.25, 0.3) is 0 Å². The van der Waals surface area contributed by atoms with Gasteiger partial charge in [0.05, 0.1) is 20.8 Å². The number of hydrogen-bond acceptors (Lipinski definition) is 8. The minimum atomic E-state index is -0.449. The van der Waals surface area contributed by atoms with E-state index in [1.54, 1.807) is 21.1 Å². The summed E-state index contributed by atoms with van der Waals surface area (Å²) < 4.78 is 26.7. The predicted molar refractivity (Wildman–Crippen MR) is 82.9 cm³/mol. The lowest BCUT2D eigenvalue weighted by Crippen LogP contribution is -2.19. The Morgan fingerprint density at radius 1 is 1.29 bits per heavy atom. The summed E-state index contributed by atoms with van der Waals surface area (Å²) in [5, 5.41) is 3.82. The van der Waals surface area contributed by atoms with Crippen molar-refractivity contribution in [1.29, 1.82) is 0 Å². The van der Waals surface area contributed by atoms with Crippen LogP contribution in [0.1, 0.15) is 18.9 Å². The number of oxime groups is 1. The first kappa shape index (κ1) is 16.2. The van der Waals surface area contributed by atoms with Crippen molar-refractivity contribution in [2.45, 2.75) is 25.9 Å². The molecule has 1 aromatic rings. The van der Waals surface area contributed by atoms with E-state index in [9.17, 15) is 4.79 Å². The molecule has 2 aliphatic rings. The van der Waals surface area contributed by atoms with E-state index in [2.05, 4.69) is 5.16 Å². The normalized spacial score (nSPS) is 18.0. The van der Waals surface area contributed by atoms with Crippen molar-refractivity contribution < 1.29 is 33.3 Å². The van der Waals surface area contributed by atoms with E-state index in [1.165, 1.54) is 0 Å². The number of methoxy groups -OCH3 is 2. The van der Waals surface area contributed by atoms with Crippen molar-refractivity contribution >= 4 is 11.7 Å². The van der Waals surface area contributed by atoms with Crippen molar-refractivity contribution in [2.24, 2.45) is 5.16 Å². The average Bonchev–Trinajstić information content (AvgIpc) is 3.23. The smallest absolute Gasteiger partial charge is 0.356 e. The number of nitrogens with zero attached hydrogens (tertiary/aromatic N) is 1. The Morgan fingerprint density at radius 3 is 2.79 bits per heavy atom. The topological polar surface area (TPSA) is 84.8 Å². The summed E-state index contributed by atoms with van der Waals surface area (Å²) in [4.78, 5) is 17.1. The van der Waals surface area contributed by atoms with E-state index in [0.717, 1.165) is 5.56 Å². The molecule has 1 aromatic carbocycles. The van der Waals surface area contributed by atoms with Crippen LogP contribution < -0.4 is 18.9 Å². The average molecular weight is 337 g/mol. The van der Waals surface area contributed by atoms with E-state index in [4.69, 9.17) is 28.5 Å². The number of fused-ring (bicyclic) bond motifs is 1. The van der Waals surface area contributed by atoms with Crippen LogP contribution in [0.15, 0.2) is 11.2 Å². The first-order valence-corrected chi connectivity index (χ1v) is 7.61. The largest absolute Gasteiger partial charge is 0.493 e. The summed E-state index contributed by atoms with van der Waals surface area (Å²) in [7, 11) is 3.12. The van der Waals surface area contributed by atoms with Gasteiger partial charge in [-0.3, -0.25) is 0 Å².